The van der Waals surface area contributed by atoms with Crippen LogP contribution >= 0.6 is 0 Å². The summed E-state index contributed by atoms with van der Waals surface area (Å²) in [6.45, 7) is 2.82. The third-order valence-electron chi connectivity index (χ3n) is 2.85. The highest BCUT2D eigenvalue weighted by Crippen LogP contribution is 2.16. The minimum atomic E-state index is 0.687. The highest BCUT2D eigenvalue weighted by Gasteiger charge is 1.95. The molecule has 0 bridgehead atoms. The van der Waals surface area contributed by atoms with E-state index in [1.807, 2.05) is 54.6 Å². The summed E-state index contributed by atoms with van der Waals surface area (Å²) in [5.74, 6) is 0.885. The van der Waals surface area contributed by atoms with Crippen molar-refractivity contribution in [2.45, 2.75) is 13.3 Å². The summed E-state index contributed by atoms with van der Waals surface area (Å²) in [5.41, 5.74) is 2.77. The number of hydrogen-bond donors (Lipinski definition) is 0. The molecule has 102 valence electrons. The first kappa shape index (κ1) is 14.1. The Kier molecular flexibility index (Phi) is 5.13. The minimum Gasteiger partial charge on any atom is -0.494 e. The molecular weight excluding hydrogens is 248 g/mol. The molecule has 0 aliphatic heterocycles. The molecule has 2 aromatic carbocycles. The second-order valence-corrected chi connectivity index (χ2v) is 4.54. The predicted molar refractivity (Wildman–Crippen MR) is 83.0 cm³/mol. The summed E-state index contributed by atoms with van der Waals surface area (Å²) in [7, 11) is 0. The van der Waals surface area contributed by atoms with Gasteiger partial charge in [0, 0.05) is 5.56 Å². The Morgan fingerprint density at radius 1 is 0.950 bits per heavy atom. The standard InChI is InChI=1S/C18H18O2/c1-2-11-20-18-8-4-6-16(13-18)10-9-15-5-3-7-17(12-15)14-19/h3-10,12-14H,2,11H2,1H3/b10-9+. The van der Waals surface area contributed by atoms with E-state index < -0.39 is 0 Å². The Morgan fingerprint density at radius 2 is 1.60 bits per heavy atom. The van der Waals surface area contributed by atoms with E-state index in [2.05, 4.69) is 6.92 Å². The fourth-order valence-electron chi connectivity index (χ4n) is 1.86. The average molecular weight is 266 g/mol. The first-order valence-electron chi connectivity index (χ1n) is 6.78. The monoisotopic (exact) mass is 266 g/mol. The summed E-state index contributed by atoms with van der Waals surface area (Å²) in [6, 6.07) is 15.5. The maximum Gasteiger partial charge on any atom is 0.150 e. The molecule has 2 aromatic rings. The molecule has 0 spiro atoms. The van der Waals surface area contributed by atoms with Crippen molar-refractivity contribution in [3.05, 3.63) is 65.2 Å². The van der Waals surface area contributed by atoms with Crippen LogP contribution in [-0.2, 0) is 0 Å². The van der Waals surface area contributed by atoms with Gasteiger partial charge in [0.2, 0.25) is 0 Å². The van der Waals surface area contributed by atoms with Crippen LogP contribution in [0.5, 0.6) is 5.75 Å². The molecule has 0 heterocycles. The van der Waals surface area contributed by atoms with Gasteiger partial charge in [-0.05, 0) is 35.7 Å². The molecule has 0 amide bonds. The van der Waals surface area contributed by atoms with Gasteiger partial charge in [-0.25, -0.2) is 0 Å². The highest BCUT2D eigenvalue weighted by atomic mass is 16.5. The van der Waals surface area contributed by atoms with Crippen LogP contribution in [0.4, 0.5) is 0 Å². The lowest BCUT2D eigenvalue weighted by atomic mass is 10.1. The molecule has 0 aliphatic carbocycles. The summed E-state index contributed by atoms with van der Waals surface area (Å²) < 4.78 is 5.60. The van der Waals surface area contributed by atoms with Crippen LogP contribution < -0.4 is 4.74 Å². The van der Waals surface area contributed by atoms with Crippen molar-refractivity contribution in [2.75, 3.05) is 6.61 Å². The lowest BCUT2D eigenvalue weighted by Crippen LogP contribution is -1.94. The van der Waals surface area contributed by atoms with Crippen LogP contribution in [0.3, 0.4) is 0 Å². The summed E-state index contributed by atoms with van der Waals surface area (Å²) >= 11 is 0. The number of rotatable bonds is 6. The largest absolute Gasteiger partial charge is 0.494 e. The van der Waals surface area contributed by atoms with Crippen LogP contribution in [0.1, 0.15) is 34.8 Å². The van der Waals surface area contributed by atoms with E-state index in [9.17, 15) is 4.79 Å². The van der Waals surface area contributed by atoms with Crippen LogP contribution in [0.25, 0.3) is 12.2 Å². The van der Waals surface area contributed by atoms with Gasteiger partial charge in [0.25, 0.3) is 0 Å². The van der Waals surface area contributed by atoms with E-state index in [1.165, 1.54) is 0 Å². The number of ether oxygens (including phenoxy) is 1. The fourth-order valence-corrected chi connectivity index (χ4v) is 1.86. The van der Waals surface area contributed by atoms with Gasteiger partial charge in [-0.15, -0.1) is 0 Å². The molecule has 2 rings (SSSR count). The lowest BCUT2D eigenvalue weighted by Gasteiger charge is -2.04. The minimum absolute atomic E-state index is 0.687. The molecule has 0 atom stereocenters. The second kappa shape index (κ2) is 7.29. The molecule has 0 fully saturated rings. The number of carbonyl (C=O) groups excluding carboxylic acids is 1. The molecule has 0 saturated carbocycles. The van der Waals surface area contributed by atoms with E-state index in [1.54, 1.807) is 6.07 Å². The van der Waals surface area contributed by atoms with Crippen molar-refractivity contribution in [2.24, 2.45) is 0 Å². The fraction of sp³-hybridized carbons (Fsp3) is 0.167. The number of hydrogen-bond acceptors (Lipinski definition) is 2. The van der Waals surface area contributed by atoms with Gasteiger partial charge in [0.15, 0.2) is 0 Å². The molecule has 2 nitrogen and oxygen atoms in total. The zero-order valence-electron chi connectivity index (χ0n) is 11.6. The molecule has 0 unspecified atom stereocenters. The Bertz CT molecular complexity index is 600. The van der Waals surface area contributed by atoms with E-state index in [0.29, 0.717) is 5.56 Å². The molecule has 0 saturated heterocycles. The molecular formula is C18H18O2. The Balaban J connectivity index is 2.12. The second-order valence-electron chi connectivity index (χ2n) is 4.54. The maximum atomic E-state index is 10.7. The van der Waals surface area contributed by atoms with Crippen molar-refractivity contribution in [3.8, 4) is 5.75 Å². The van der Waals surface area contributed by atoms with Crippen molar-refractivity contribution in [1.29, 1.82) is 0 Å². The molecule has 0 N–H and O–H groups in total. The number of aldehydes is 1. The summed E-state index contributed by atoms with van der Waals surface area (Å²) in [4.78, 5) is 10.7. The third-order valence-corrected chi connectivity index (χ3v) is 2.85. The van der Waals surface area contributed by atoms with Crippen molar-refractivity contribution in [1.82, 2.24) is 0 Å². The quantitative estimate of drug-likeness (QED) is 0.570. The SMILES string of the molecule is CCCOc1cccc(/C=C/c2cccc(C=O)c2)c1. The van der Waals surface area contributed by atoms with E-state index in [-0.39, 0.29) is 0 Å². The molecule has 0 aliphatic rings. The zero-order valence-corrected chi connectivity index (χ0v) is 11.6. The lowest BCUT2D eigenvalue weighted by molar-refractivity contribution is 0.112. The molecule has 0 aromatic heterocycles. The van der Waals surface area contributed by atoms with Crippen molar-refractivity contribution in [3.63, 3.8) is 0 Å². The Labute approximate surface area is 119 Å². The van der Waals surface area contributed by atoms with E-state index >= 15 is 0 Å². The third kappa shape index (κ3) is 4.09. The first-order valence-corrected chi connectivity index (χ1v) is 6.78. The van der Waals surface area contributed by atoms with Crippen molar-refractivity contribution < 1.29 is 9.53 Å². The molecule has 0 radical (unpaired) electrons. The van der Waals surface area contributed by atoms with Gasteiger partial charge >= 0.3 is 0 Å². The number of benzene rings is 2. The number of carbonyl (C=O) groups is 1. The normalized spacial score (nSPS) is 10.7. The van der Waals surface area contributed by atoms with Gasteiger partial charge in [-0.1, -0.05) is 49.4 Å². The van der Waals surface area contributed by atoms with Crippen molar-refractivity contribution >= 4 is 18.4 Å². The maximum absolute atomic E-state index is 10.7. The van der Waals surface area contributed by atoms with Crippen LogP contribution in [0.15, 0.2) is 48.5 Å². The topological polar surface area (TPSA) is 26.3 Å². The van der Waals surface area contributed by atoms with Gasteiger partial charge in [0.1, 0.15) is 12.0 Å². The summed E-state index contributed by atoms with van der Waals surface area (Å²) in [6.07, 6.45) is 5.86. The van der Waals surface area contributed by atoms with Gasteiger partial charge in [0.05, 0.1) is 6.61 Å². The average Bonchev–Trinajstić information content (AvgIpc) is 2.51. The Hall–Kier alpha value is -2.35. The Morgan fingerprint density at radius 3 is 2.30 bits per heavy atom. The van der Waals surface area contributed by atoms with Crippen LogP contribution in [0, 0.1) is 0 Å². The predicted octanol–water partition coefficient (Wildman–Crippen LogP) is 4.46. The smallest absolute Gasteiger partial charge is 0.150 e. The van der Waals surface area contributed by atoms with Crippen LogP contribution in [-0.4, -0.2) is 12.9 Å². The van der Waals surface area contributed by atoms with Gasteiger partial charge < -0.3 is 4.74 Å². The highest BCUT2D eigenvalue weighted by molar-refractivity contribution is 5.78. The zero-order chi connectivity index (χ0) is 14.2. The van der Waals surface area contributed by atoms with Crippen LogP contribution in [0.2, 0.25) is 0 Å². The van der Waals surface area contributed by atoms with E-state index in [0.717, 1.165) is 36.2 Å². The molecule has 2 heteroatoms. The van der Waals surface area contributed by atoms with E-state index in [4.69, 9.17) is 4.74 Å². The summed E-state index contributed by atoms with van der Waals surface area (Å²) in [5, 5.41) is 0. The van der Waals surface area contributed by atoms with Gasteiger partial charge in [-0.3, -0.25) is 4.79 Å². The van der Waals surface area contributed by atoms with Gasteiger partial charge in [-0.2, -0.15) is 0 Å². The molecule has 20 heavy (non-hydrogen) atoms. The first-order chi connectivity index (χ1) is 9.81.